The molecule has 2 aromatic rings. The summed E-state index contributed by atoms with van der Waals surface area (Å²) >= 11 is 0. The van der Waals surface area contributed by atoms with Crippen LogP contribution in [0.2, 0.25) is 0 Å². The molecule has 0 aliphatic carbocycles. The minimum absolute atomic E-state index is 0.0144. The summed E-state index contributed by atoms with van der Waals surface area (Å²) in [5, 5.41) is 19.1. The maximum absolute atomic E-state index is 12.6. The predicted octanol–water partition coefficient (Wildman–Crippen LogP) is 2.46. The van der Waals surface area contributed by atoms with E-state index >= 15 is 0 Å². The molecule has 2 heterocycles. The van der Waals surface area contributed by atoms with Crippen LogP contribution >= 0.6 is 0 Å². The van der Waals surface area contributed by atoms with Gasteiger partial charge in [-0.25, -0.2) is 9.97 Å². The fourth-order valence-corrected chi connectivity index (χ4v) is 2.57. The fourth-order valence-electron chi connectivity index (χ4n) is 2.57. The van der Waals surface area contributed by atoms with Crippen molar-refractivity contribution < 1.29 is 23.4 Å². The Morgan fingerprint density at radius 1 is 1.22 bits per heavy atom. The lowest BCUT2D eigenvalue weighted by molar-refractivity contribution is -0.145. The summed E-state index contributed by atoms with van der Waals surface area (Å²) in [4.78, 5) is 8.98. The van der Waals surface area contributed by atoms with Gasteiger partial charge < -0.3 is 10.2 Å². The van der Waals surface area contributed by atoms with Crippen molar-refractivity contribution in [3.05, 3.63) is 47.0 Å². The first-order valence-corrected chi connectivity index (χ1v) is 6.98. The number of aromatic hydroxyl groups is 2. The van der Waals surface area contributed by atoms with E-state index in [0.717, 1.165) is 0 Å². The van der Waals surface area contributed by atoms with Gasteiger partial charge in [0.2, 0.25) is 5.82 Å². The summed E-state index contributed by atoms with van der Waals surface area (Å²) in [6, 6.07) is 4.35. The van der Waals surface area contributed by atoms with Crippen LogP contribution in [-0.4, -0.2) is 31.6 Å². The van der Waals surface area contributed by atoms with Gasteiger partial charge in [-0.1, -0.05) is 6.07 Å². The minimum Gasteiger partial charge on any atom is -0.508 e. The number of aromatic nitrogens is 2. The second kappa shape index (κ2) is 5.69. The highest BCUT2D eigenvalue weighted by molar-refractivity contribution is 5.39. The van der Waals surface area contributed by atoms with Crippen molar-refractivity contribution in [3.8, 4) is 11.5 Å². The first-order chi connectivity index (χ1) is 10.8. The quantitative estimate of drug-likeness (QED) is 0.888. The van der Waals surface area contributed by atoms with Crippen molar-refractivity contribution in [1.29, 1.82) is 0 Å². The topological polar surface area (TPSA) is 69.5 Å². The SMILES string of the molecule is Oc1ccc(CN2CCc3nc(C(F)(F)F)ncc3C2)c(O)c1. The number of hydrogen-bond acceptors (Lipinski definition) is 5. The van der Waals surface area contributed by atoms with Gasteiger partial charge in [0.25, 0.3) is 0 Å². The Labute approximate surface area is 130 Å². The number of phenols is 2. The Hall–Kier alpha value is -2.35. The van der Waals surface area contributed by atoms with Crippen LogP contribution in [0, 0.1) is 0 Å². The molecule has 0 unspecified atom stereocenters. The maximum atomic E-state index is 12.6. The second-order valence-corrected chi connectivity index (χ2v) is 5.44. The number of nitrogens with zero attached hydrogens (tertiary/aromatic N) is 3. The molecule has 0 fully saturated rings. The minimum atomic E-state index is -4.54. The number of alkyl halides is 3. The van der Waals surface area contributed by atoms with Crippen LogP contribution in [0.1, 0.15) is 22.6 Å². The molecule has 5 nitrogen and oxygen atoms in total. The largest absolute Gasteiger partial charge is 0.508 e. The monoisotopic (exact) mass is 325 g/mol. The molecule has 0 radical (unpaired) electrons. The number of phenolic OH excluding ortho intramolecular Hbond substituents is 2. The molecule has 3 rings (SSSR count). The van der Waals surface area contributed by atoms with Crippen LogP contribution in [0.3, 0.4) is 0 Å². The number of rotatable bonds is 2. The first kappa shape index (κ1) is 15.5. The Balaban J connectivity index is 1.75. The lowest BCUT2D eigenvalue weighted by Crippen LogP contribution is -2.31. The van der Waals surface area contributed by atoms with E-state index in [9.17, 15) is 23.4 Å². The molecule has 0 amide bonds. The van der Waals surface area contributed by atoms with Crippen LogP contribution in [0.15, 0.2) is 24.4 Å². The predicted molar refractivity (Wildman–Crippen MR) is 74.6 cm³/mol. The number of halogens is 3. The second-order valence-electron chi connectivity index (χ2n) is 5.44. The van der Waals surface area contributed by atoms with Crippen molar-refractivity contribution in [3.63, 3.8) is 0 Å². The van der Waals surface area contributed by atoms with E-state index in [1.54, 1.807) is 6.07 Å². The Morgan fingerprint density at radius 2 is 2.00 bits per heavy atom. The van der Waals surface area contributed by atoms with Gasteiger partial charge in [0.05, 0.1) is 5.69 Å². The van der Waals surface area contributed by atoms with E-state index < -0.39 is 12.0 Å². The van der Waals surface area contributed by atoms with Gasteiger partial charge in [0, 0.05) is 49.4 Å². The molecular weight excluding hydrogens is 311 g/mol. The van der Waals surface area contributed by atoms with Crippen LogP contribution in [0.5, 0.6) is 11.5 Å². The van der Waals surface area contributed by atoms with Crippen LogP contribution in [0.4, 0.5) is 13.2 Å². The van der Waals surface area contributed by atoms with Gasteiger partial charge in [-0.15, -0.1) is 0 Å². The summed E-state index contributed by atoms with van der Waals surface area (Å²) in [6.07, 6.45) is -2.93. The third kappa shape index (κ3) is 3.37. The van der Waals surface area contributed by atoms with Crippen LogP contribution in [0.25, 0.3) is 0 Å². The summed E-state index contributed by atoms with van der Waals surface area (Å²) < 4.78 is 37.8. The molecule has 0 spiro atoms. The van der Waals surface area contributed by atoms with E-state index in [2.05, 4.69) is 9.97 Å². The molecule has 1 aliphatic heterocycles. The average molecular weight is 325 g/mol. The van der Waals surface area contributed by atoms with Gasteiger partial charge in [0.1, 0.15) is 11.5 Å². The third-order valence-electron chi connectivity index (χ3n) is 3.73. The molecule has 1 aliphatic rings. The van der Waals surface area contributed by atoms with Crippen molar-refractivity contribution in [1.82, 2.24) is 14.9 Å². The first-order valence-electron chi connectivity index (χ1n) is 6.98. The molecular formula is C15H14F3N3O2. The summed E-state index contributed by atoms with van der Waals surface area (Å²) in [6.45, 7) is 1.36. The lowest BCUT2D eigenvalue weighted by atomic mass is 10.1. The number of hydrogen-bond donors (Lipinski definition) is 2. The highest BCUT2D eigenvalue weighted by Crippen LogP contribution is 2.29. The van der Waals surface area contributed by atoms with Crippen LogP contribution in [-0.2, 0) is 25.7 Å². The molecule has 0 bridgehead atoms. The zero-order valence-corrected chi connectivity index (χ0v) is 12.0. The van der Waals surface area contributed by atoms with Crippen LogP contribution < -0.4 is 0 Å². The van der Waals surface area contributed by atoms with Gasteiger partial charge in [-0.3, -0.25) is 4.90 Å². The van der Waals surface area contributed by atoms with E-state index in [4.69, 9.17) is 0 Å². The van der Waals surface area contributed by atoms with Gasteiger partial charge in [-0.05, 0) is 6.07 Å². The molecule has 0 saturated carbocycles. The summed E-state index contributed by atoms with van der Waals surface area (Å²) in [7, 11) is 0. The van der Waals surface area contributed by atoms with E-state index in [1.165, 1.54) is 18.3 Å². The average Bonchev–Trinajstić information content (AvgIpc) is 2.48. The molecule has 23 heavy (non-hydrogen) atoms. The summed E-state index contributed by atoms with van der Waals surface area (Å²) in [5.41, 5.74) is 1.71. The third-order valence-corrected chi connectivity index (χ3v) is 3.73. The summed E-state index contributed by atoms with van der Waals surface area (Å²) in [5.74, 6) is -1.15. The number of benzene rings is 1. The Kier molecular flexibility index (Phi) is 3.85. The van der Waals surface area contributed by atoms with Gasteiger partial charge in [-0.2, -0.15) is 13.2 Å². The zero-order chi connectivity index (χ0) is 16.6. The normalized spacial score (nSPS) is 15.4. The van der Waals surface area contributed by atoms with Gasteiger partial charge in [0.15, 0.2) is 0 Å². The molecule has 2 N–H and O–H groups in total. The molecule has 8 heteroatoms. The van der Waals surface area contributed by atoms with Crippen molar-refractivity contribution in [2.75, 3.05) is 6.54 Å². The molecule has 1 aromatic heterocycles. The van der Waals surface area contributed by atoms with E-state index in [1.807, 2.05) is 4.90 Å². The highest BCUT2D eigenvalue weighted by Gasteiger charge is 2.35. The standard InChI is InChI=1S/C15H14F3N3O2/c16-15(17,18)14-19-6-10-8-21(4-3-12(10)20-14)7-9-1-2-11(22)5-13(9)23/h1-2,5-6,22-23H,3-4,7-8H2. The van der Waals surface area contributed by atoms with Crippen molar-refractivity contribution in [2.45, 2.75) is 25.7 Å². The molecule has 122 valence electrons. The van der Waals surface area contributed by atoms with Crippen molar-refractivity contribution >= 4 is 0 Å². The Morgan fingerprint density at radius 3 is 2.70 bits per heavy atom. The molecule has 1 aromatic carbocycles. The molecule has 0 saturated heterocycles. The smallest absolute Gasteiger partial charge is 0.451 e. The maximum Gasteiger partial charge on any atom is 0.451 e. The fraction of sp³-hybridized carbons (Fsp3) is 0.333. The van der Waals surface area contributed by atoms with E-state index in [-0.39, 0.29) is 11.5 Å². The van der Waals surface area contributed by atoms with Crippen molar-refractivity contribution in [2.24, 2.45) is 0 Å². The number of fused-ring (bicyclic) bond motifs is 1. The molecule has 0 atom stereocenters. The highest BCUT2D eigenvalue weighted by atomic mass is 19.4. The zero-order valence-electron chi connectivity index (χ0n) is 12.0. The van der Waals surface area contributed by atoms with Gasteiger partial charge >= 0.3 is 6.18 Å². The Bertz CT molecular complexity index is 734. The lowest BCUT2D eigenvalue weighted by Gasteiger charge is -2.28. The van der Waals surface area contributed by atoms with E-state index in [0.29, 0.717) is 42.9 Å².